The average molecular weight is 475 g/mol. The lowest BCUT2D eigenvalue weighted by Crippen LogP contribution is -2.52. The first-order valence-electron chi connectivity index (χ1n) is 12.0. The third kappa shape index (κ3) is 4.98. The first-order valence-corrected chi connectivity index (χ1v) is 12.0. The summed E-state index contributed by atoms with van der Waals surface area (Å²) in [6.45, 7) is 5.98. The number of carbonyl (C=O) groups is 1. The lowest BCUT2D eigenvalue weighted by Gasteiger charge is -2.39. The van der Waals surface area contributed by atoms with Crippen LogP contribution in [-0.2, 0) is 13.1 Å². The molecule has 7 nitrogen and oxygen atoms in total. The van der Waals surface area contributed by atoms with Crippen LogP contribution in [0.2, 0.25) is 0 Å². The Morgan fingerprint density at radius 1 is 1.06 bits per heavy atom. The minimum absolute atomic E-state index is 0.106. The van der Waals surface area contributed by atoms with E-state index >= 15 is 4.39 Å². The fraction of sp³-hybridized carbons (Fsp3) is 0.370. The summed E-state index contributed by atoms with van der Waals surface area (Å²) in [5, 5.41) is 6.34. The van der Waals surface area contributed by atoms with Gasteiger partial charge in [-0.05, 0) is 67.8 Å². The molecule has 8 heteroatoms. The Balaban J connectivity index is 1.21. The van der Waals surface area contributed by atoms with Gasteiger partial charge in [0.05, 0.1) is 12.2 Å². The van der Waals surface area contributed by atoms with Crippen LogP contribution in [0.3, 0.4) is 0 Å². The van der Waals surface area contributed by atoms with Crippen molar-refractivity contribution in [2.24, 2.45) is 0 Å². The number of benzene rings is 2. The number of rotatable bonds is 5. The molecule has 2 aromatic carbocycles. The standard InChI is InChI=1S/C27H31FN6O/c1-17-10-18(2)12-22(11-17)31-27-30-13-20-14-34(16-24(20)32-27)25-8-9-33(15-23(25)28)26(35)19-4-6-21(29-3)7-5-19/h4-7,10-13,23,25,29H,8-9,14-16H2,1-3H3,(H,30,31,32). The number of carbonyl (C=O) groups excluding carboxylic acids is 1. The fourth-order valence-corrected chi connectivity index (χ4v) is 5.10. The summed E-state index contributed by atoms with van der Waals surface area (Å²) >= 11 is 0. The highest BCUT2D eigenvalue weighted by molar-refractivity contribution is 5.94. The zero-order chi connectivity index (χ0) is 24.5. The van der Waals surface area contributed by atoms with Crippen molar-refractivity contribution in [3.05, 3.63) is 76.6 Å². The number of hydrogen-bond acceptors (Lipinski definition) is 6. The summed E-state index contributed by atoms with van der Waals surface area (Å²) in [4.78, 5) is 25.8. The molecule has 0 saturated carbocycles. The monoisotopic (exact) mass is 474 g/mol. The van der Waals surface area contributed by atoms with Crippen molar-refractivity contribution in [1.82, 2.24) is 19.8 Å². The Bertz CT molecular complexity index is 1210. The summed E-state index contributed by atoms with van der Waals surface area (Å²) in [5.41, 5.74) is 6.80. The second kappa shape index (κ2) is 9.62. The van der Waals surface area contributed by atoms with Gasteiger partial charge in [-0.1, -0.05) is 6.07 Å². The molecule has 1 fully saturated rings. The van der Waals surface area contributed by atoms with Crippen LogP contribution in [0.25, 0.3) is 0 Å². The largest absolute Gasteiger partial charge is 0.388 e. The maximum atomic E-state index is 15.3. The number of piperidine rings is 1. The molecule has 1 amide bonds. The molecule has 3 heterocycles. The lowest BCUT2D eigenvalue weighted by atomic mass is 10.0. The number of amides is 1. The van der Waals surface area contributed by atoms with E-state index in [-0.39, 0.29) is 18.5 Å². The van der Waals surface area contributed by atoms with Gasteiger partial charge in [-0.15, -0.1) is 0 Å². The van der Waals surface area contributed by atoms with Gasteiger partial charge in [0.2, 0.25) is 5.95 Å². The molecule has 1 aromatic heterocycles. The van der Waals surface area contributed by atoms with Crippen molar-refractivity contribution in [1.29, 1.82) is 0 Å². The molecule has 2 atom stereocenters. The molecule has 0 aliphatic carbocycles. The van der Waals surface area contributed by atoms with Crippen molar-refractivity contribution in [2.75, 3.05) is 30.8 Å². The molecule has 0 radical (unpaired) electrons. The fourth-order valence-electron chi connectivity index (χ4n) is 5.10. The van der Waals surface area contributed by atoms with Crippen LogP contribution in [0.5, 0.6) is 0 Å². The molecule has 2 aliphatic rings. The maximum absolute atomic E-state index is 15.3. The molecule has 35 heavy (non-hydrogen) atoms. The number of anilines is 3. The van der Waals surface area contributed by atoms with E-state index in [1.54, 1.807) is 17.0 Å². The van der Waals surface area contributed by atoms with Gasteiger partial charge in [-0.25, -0.2) is 14.4 Å². The average Bonchev–Trinajstić information content (AvgIpc) is 3.26. The van der Waals surface area contributed by atoms with Gasteiger partial charge in [-0.2, -0.15) is 0 Å². The zero-order valence-corrected chi connectivity index (χ0v) is 20.4. The molecule has 3 aromatic rings. The van der Waals surface area contributed by atoms with Gasteiger partial charge in [0.1, 0.15) is 6.17 Å². The van der Waals surface area contributed by atoms with E-state index in [1.165, 1.54) is 11.1 Å². The number of fused-ring (bicyclic) bond motifs is 1. The number of aryl methyl sites for hydroxylation is 2. The van der Waals surface area contributed by atoms with Crippen molar-refractivity contribution in [3.8, 4) is 0 Å². The SMILES string of the molecule is CNc1ccc(C(=O)N2CCC(N3Cc4cnc(Nc5cc(C)cc(C)c5)nc4C3)C(F)C2)cc1. The lowest BCUT2D eigenvalue weighted by molar-refractivity contribution is 0.0270. The highest BCUT2D eigenvalue weighted by atomic mass is 19.1. The third-order valence-electron chi connectivity index (χ3n) is 6.84. The van der Waals surface area contributed by atoms with E-state index < -0.39 is 6.17 Å². The third-order valence-corrected chi connectivity index (χ3v) is 6.84. The summed E-state index contributed by atoms with van der Waals surface area (Å²) < 4.78 is 15.3. The summed E-state index contributed by atoms with van der Waals surface area (Å²) in [6, 6.07) is 13.3. The van der Waals surface area contributed by atoms with Gasteiger partial charge < -0.3 is 15.5 Å². The minimum Gasteiger partial charge on any atom is -0.388 e. The van der Waals surface area contributed by atoms with E-state index in [0.29, 0.717) is 37.6 Å². The first kappa shape index (κ1) is 23.2. The Labute approximate surface area is 205 Å². The number of likely N-dealkylation sites (tertiary alicyclic amines) is 1. The Morgan fingerprint density at radius 3 is 2.49 bits per heavy atom. The second-order valence-corrected chi connectivity index (χ2v) is 9.52. The van der Waals surface area contributed by atoms with Crippen LogP contribution < -0.4 is 10.6 Å². The number of nitrogens with zero attached hydrogens (tertiary/aromatic N) is 4. The van der Waals surface area contributed by atoms with Gasteiger partial charge in [-0.3, -0.25) is 9.69 Å². The van der Waals surface area contributed by atoms with Crippen molar-refractivity contribution in [3.63, 3.8) is 0 Å². The summed E-state index contributed by atoms with van der Waals surface area (Å²) in [6.07, 6.45) is 1.32. The van der Waals surface area contributed by atoms with Crippen LogP contribution in [-0.4, -0.2) is 58.0 Å². The number of halogens is 1. The van der Waals surface area contributed by atoms with Crippen LogP contribution in [0.15, 0.2) is 48.7 Å². The van der Waals surface area contributed by atoms with Crippen molar-refractivity contribution in [2.45, 2.75) is 45.6 Å². The Hall–Kier alpha value is -3.52. The van der Waals surface area contributed by atoms with E-state index in [2.05, 4.69) is 52.6 Å². The van der Waals surface area contributed by atoms with Gasteiger partial charge in [0, 0.05) is 61.4 Å². The molecule has 2 aliphatic heterocycles. The minimum atomic E-state index is -1.11. The normalized spacial score (nSPS) is 19.9. The van der Waals surface area contributed by atoms with E-state index in [4.69, 9.17) is 4.98 Å². The molecule has 2 N–H and O–H groups in total. The number of alkyl halides is 1. The smallest absolute Gasteiger partial charge is 0.253 e. The zero-order valence-electron chi connectivity index (χ0n) is 20.4. The van der Waals surface area contributed by atoms with Crippen molar-refractivity contribution < 1.29 is 9.18 Å². The highest BCUT2D eigenvalue weighted by Gasteiger charge is 2.38. The van der Waals surface area contributed by atoms with Crippen LogP contribution in [0, 0.1) is 13.8 Å². The Kier molecular flexibility index (Phi) is 6.38. The van der Waals surface area contributed by atoms with E-state index in [0.717, 1.165) is 22.6 Å². The maximum Gasteiger partial charge on any atom is 0.253 e. The Morgan fingerprint density at radius 2 is 1.80 bits per heavy atom. The van der Waals surface area contributed by atoms with Crippen molar-refractivity contribution >= 4 is 23.2 Å². The van der Waals surface area contributed by atoms with E-state index in [9.17, 15) is 4.79 Å². The quantitative estimate of drug-likeness (QED) is 0.569. The van der Waals surface area contributed by atoms with E-state index in [1.807, 2.05) is 25.4 Å². The molecule has 0 bridgehead atoms. The topological polar surface area (TPSA) is 73.4 Å². The number of aromatic nitrogens is 2. The highest BCUT2D eigenvalue weighted by Crippen LogP contribution is 2.30. The predicted octanol–water partition coefficient (Wildman–Crippen LogP) is 4.45. The summed E-state index contributed by atoms with van der Waals surface area (Å²) in [5.74, 6) is 0.434. The number of nitrogens with one attached hydrogen (secondary N) is 2. The van der Waals surface area contributed by atoms with Crippen LogP contribution >= 0.6 is 0 Å². The molecule has 5 rings (SSSR count). The van der Waals surface area contributed by atoms with Gasteiger partial charge >= 0.3 is 0 Å². The van der Waals surface area contributed by atoms with Crippen LogP contribution in [0.1, 0.15) is 39.2 Å². The molecular weight excluding hydrogens is 443 g/mol. The predicted molar refractivity (Wildman–Crippen MR) is 136 cm³/mol. The van der Waals surface area contributed by atoms with Gasteiger partial charge in [0.15, 0.2) is 0 Å². The molecule has 182 valence electrons. The number of hydrogen-bond donors (Lipinski definition) is 2. The molecule has 1 saturated heterocycles. The van der Waals surface area contributed by atoms with Crippen LogP contribution in [0.4, 0.5) is 21.7 Å². The molecular formula is C27H31FN6O. The molecule has 0 spiro atoms. The van der Waals surface area contributed by atoms with Gasteiger partial charge in [0.25, 0.3) is 5.91 Å². The first-order chi connectivity index (χ1) is 16.9. The molecule has 2 unspecified atom stereocenters. The second-order valence-electron chi connectivity index (χ2n) is 9.52. The summed E-state index contributed by atoms with van der Waals surface area (Å²) in [7, 11) is 1.83.